The smallest absolute Gasteiger partial charge is 0.471 e. The molecule has 2 aromatic rings. The third-order valence-corrected chi connectivity index (χ3v) is 8.93. The molecule has 0 spiro atoms. The van der Waals surface area contributed by atoms with Gasteiger partial charge in [0.25, 0.3) is 5.56 Å². The van der Waals surface area contributed by atoms with Crippen LogP contribution in [0.4, 0.5) is 13.2 Å². The van der Waals surface area contributed by atoms with Crippen molar-refractivity contribution in [1.29, 1.82) is 0 Å². The number of benzene rings is 1. The summed E-state index contributed by atoms with van der Waals surface area (Å²) in [6, 6.07) is 1.00. The normalized spacial score (nSPS) is 22.1. The molecule has 44 heavy (non-hydrogen) atoms. The Bertz CT molecular complexity index is 1580. The Labute approximate surface area is 252 Å². The molecule has 1 aromatic carbocycles. The second-order valence-electron chi connectivity index (χ2n) is 13.4. The van der Waals surface area contributed by atoms with Crippen molar-refractivity contribution in [3.05, 3.63) is 39.7 Å². The number of nitrogens with one attached hydrogen (secondary N) is 3. The number of aryl methyl sites for hydroxylation is 1. The molecule has 0 radical (unpaired) electrons. The maximum absolute atomic E-state index is 13.8. The van der Waals surface area contributed by atoms with Gasteiger partial charge >= 0.3 is 12.1 Å². The number of fused-ring (bicyclic) bond motifs is 2. The number of carbonyl (C=O) groups is 4. The summed E-state index contributed by atoms with van der Waals surface area (Å²) in [6.07, 6.45) is -5.46. The zero-order chi connectivity index (χ0) is 33.1. The summed E-state index contributed by atoms with van der Waals surface area (Å²) in [5, 5.41) is 5.05. The molecule has 240 valence electrons. The van der Waals surface area contributed by atoms with Gasteiger partial charge in [0.05, 0.1) is 12.6 Å². The van der Waals surface area contributed by atoms with Gasteiger partial charge in [-0.25, -0.2) is 0 Å². The Morgan fingerprint density at radius 1 is 1.14 bits per heavy atom. The highest BCUT2D eigenvalue weighted by Gasteiger charge is 2.70. The summed E-state index contributed by atoms with van der Waals surface area (Å²) in [5.74, 6) is -4.65. The lowest BCUT2D eigenvalue weighted by Gasteiger charge is -2.38. The quantitative estimate of drug-likeness (QED) is 0.352. The molecule has 14 heteroatoms. The number of pyridine rings is 1. The van der Waals surface area contributed by atoms with Gasteiger partial charge in [0, 0.05) is 24.6 Å². The minimum atomic E-state index is -5.21. The van der Waals surface area contributed by atoms with Crippen LogP contribution < -0.4 is 26.7 Å². The number of likely N-dealkylation sites (tertiary alicyclic amines) is 1. The largest absolute Gasteiger partial charge is 0.496 e. The van der Waals surface area contributed by atoms with Crippen molar-refractivity contribution in [1.82, 2.24) is 20.5 Å². The predicted octanol–water partition coefficient (Wildman–Crippen LogP) is 1.93. The van der Waals surface area contributed by atoms with Crippen LogP contribution >= 0.6 is 0 Å². The summed E-state index contributed by atoms with van der Waals surface area (Å²) >= 11 is 0. The molecule has 4 amide bonds. The molecule has 5 N–H and O–H groups in total. The van der Waals surface area contributed by atoms with Gasteiger partial charge in [-0.1, -0.05) is 34.6 Å². The number of alkyl halides is 3. The van der Waals surface area contributed by atoms with E-state index < -0.39 is 58.9 Å². The minimum Gasteiger partial charge on any atom is -0.496 e. The van der Waals surface area contributed by atoms with Gasteiger partial charge in [-0.2, -0.15) is 13.2 Å². The molecule has 11 nitrogen and oxygen atoms in total. The third kappa shape index (κ3) is 6.11. The fourth-order valence-corrected chi connectivity index (χ4v) is 6.31. The van der Waals surface area contributed by atoms with Crippen LogP contribution in [0.3, 0.4) is 0 Å². The van der Waals surface area contributed by atoms with Crippen LogP contribution in [-0.4, -0.2) is 71.5 Å². The highest BCUT2D eigenvalue weighted by molar-refractivity contribution is 5.96. The standard InChI is InChI=1S/C30H38F3N5O6/c1-13-8-14-9-15(24(40)35-17(14)11-19(13)44-7)10-18(23(34)39)36-25(41)21-20-16(29(20,5)6)12-38(21)26(42)22(28(2,3)4)37-27(43)30(31,32)33/h8-9,11,16,18,20-22H,10,12H2,1-7H3,(H2,34,39)(H,35,40)(H,36,41)(H,37,43)/t16-,18-,20-,21-,22+/m0/s1. The van der Waals surface area contributed by atoms with Gasteiger partial charge in [0.2, 0.25) is 17.7 Å². The van der Waals surface area contributed by atoms with Crippen LogP contribution in [0, 0.1) is 29.6 Å². The summed E-state index contributed by atoms with van der Waals surface area (Å²) in [5.41, 5.74) is 5.14. The SMILES string of the molecule is COc1cc2[nH]c(=O)c(C[C@H](NC(=O)[C@@H]3[C@@H]4[C@H](CN3C(=O)[C@@H](NC(=O)C(F)(F)F)C(C)(C)C)C4(C)C)C(N)=O)cc2cc1C. The van der Waals surface area contributed by atoms with Crippen LogP contribution in [-0.2, 0) is 25.6 Å². The van der Waals surface area contributed by atoms with Crippen LogP contribution in [0.1, 0.15) is 45.7 Å². The number of halogens is 3. The van der Waals surface area contributed by atoms with E-state index in [2.05, 4.69) is 10.3 Å². The molecule has 5 atom stereocenters. The number of nitrogens with two attached hydrogens (primary N) is 1. The molecule has 2 heterocycles. The number of hydrogen-bond donors (Lipinski definition) is 4. The first kappa shape index (κ1) is 32.8. The number of H-pyrrole nitrogens is 1. The number of piperidine rings is 1. The monoisotopic (exact) mass is 621 g/mol. The molecule has 1 aromatic heterocycles. The van der Waals surface area contributed by atoms with Crippen molar-refractivity contribution < 1.29 is 37.1 Å². The summed E-state index contributed by atoms with van der Waals surface area (Å²) in [4.78, 5) is 68.6. The highest BCUT2D eigenvalue weighted by Crippen LogP contribution is 2.65. The lowest BCUT2D eigenvalue weighted by atomic mass is 9.85. The first-order valence-corrected chi connectivity index (χ1v) is 14.2. The van der Waals surface area contributed by atoms with E-state index in [-0.39, 0.29) is 35.8 Å². The first-order valence-electron chi connectivity index (χ1n) is 14.2. The summed E-state index contributed by atoms with van der Waals surface area (Å²) in [6.45, 7) is 10.2. The average molecular weight is 622 g/mol. The van der Waals surface area contributed by atoms with Crippen molar-refractivity contribution in [2.75, 3.05) is 13.7 Å². The van der Waals surface area contributed by atoms with E-state index in [9.17, 15) is 37.1 Å². The minimum absolute atomic E-state index is 0.0808. The van der Waals surface area contributed by atoms with E-state index in [1.807, 2.05) is 20.8 Å². The van der Waals surface area contributed by atoms with Crippen molar-refractivity contribution in [2.45, 2.75) is 72.3 Å². The van der Waals surface area contributed by atoms with E-state index in [0.717, 1.165) is 5.56 Å². The maximum atomic E-state index is 13.8. The Morgan fingerprint density at radius 3 is 2.32 bits per heavy atom. The number of hydrogen-bond acceptors (Lipinski definition) is 6. The number of ether oxygens (including phenoxy) is 1. The molecular formula is C30H38F3N5O6. The van der Waals surface area contributed by atoms with E-state index in [4.69, 9.17) is 10.5 Å². The van der Waals surface area contributed by atoms with Gasteiger partial charge in [0.15, 0.2) is 0 Å². The maximum Gasteiger partial charge on any atom is 0.471 e. The van der Waals surface area contributed by atoms with E-state index in [1.165, 1.54) is 32.8 Å². The van der Waals surface area contributed by atoms with Crippen LogP contribution in [0.5, 0.6) is 5.75 Å². The van der Waals surface area contributed by atoms with E-state index in [1.54, 1.807) is 23.5 Å². The van der Waals surface area contributed by atoms with Gasteiger partial charge in [-0.15, -0.1) is 0 Å². The molecule has 0 unspecified atom stereocenters. The second-order valence-corrected chi connectivity index (χ2v) is 13.4. The van der Waals surface area contributed by atoms with Crippen molar-refractivity contribution in [3.8, 4) is 5.75 Å². The van der Waals surface area contributed by atoms with Crippen molar-refractivity contribution in [2.24, 2.45) is 28.4 Å². The number of nitrogens with zero attached hydrogens (tertiary/aromatic N) is 1. The number of carbonyl (C=O) groups excluding carboxylic acids is 4. The number of amides is 4. The van der Waals surface area contributed by atoms with Crippen LogP contribution in [0.15, 0.2) is 23.0 Å². The van der Waals surface area contributed by atoms with Crippen LogP contribution in [0.2, 0.25) is 0 Å². The molecule has 1 aliphatic heterocycles. The summed E-state index contributed by atoms with van der Waals surface area (Å²) in [7, 11) is 1.51. The highest BCUT2D eigenvalue weighted by atomic mass is 19.4. The van der Waals surface area contributed by atoms with E-state index in [0.29, 0.717) is 16.7 Å². The van der Waals surface area contributed by atoms with E-state index >= 15 is 0 Å². The summed E-state index contributed by atoms with van der Waals surface area (Å²) < 4.78 is 44.6. The average Bonchev–Trinajstić information content (AvgIpc) is 3.22. The predicted molar refractivity (Wildman–Crippen MR) is 154 cm³/mol. The molecule has 0 bridgehead atoms. The number of rotatable bonds is 8. The molecule has 2 fully saturated rings. The molecule has 1 aliphatic carbocycles. The van der Waals surface area contributed by atoms with Gasteiger partial charge in [-0.05, 0) is 52.7 Å². The van der Waals surface area contributed by atoms with Crippen molar-refractivity contribution >= 4 is 34.5 Å². The number of methoxy groups -OCH3 is 1. The fraction of sp³-hybridized carbons (Fsp3) is 0.567. The third-order valence-electron chi connectivity index (χ3n) is 8.93. The first-order chi connectivity index (χ1) is 20.2. The zero-order valence-corrected chi connectivity index (χ0v) is 25.6. The van der Waals surface area contributed by atoms with Crippen LogP contribution in [0.25, 0.3) is 10.9 Å². The molecule has 1 saturated carbocycles. The van der Waals surface area contributed by atoms with Gasteiger partial charge < -0.3 is 31.0 Å². The Kier molecular flexibility index (Phi) is 8.29. The lowest BCUT2D eigenvalue weighted by Crippen LogP contribution is -2.61. The Hall–Kier alpha value is -4.10. The van der Waals surface area contributed by atoms with Gasteiger partial charge in [0.1, 0.15) is 23.9 Å². The number of primary amides is 1. The Balaban J connectivity index is 1.61. The molecule has 2 aliphatic rings. The number of aromatic amines is 1. The van der Waals surface area contributed by atoms with Crippen molar-refractivity contribution in [3.63, 3.8) is 0 Å². The fourth-order valence-electron chi connectivity index (χ4n) is 6.31. The molecule has 1 saturated heterocycles. The zero-order valence-electron chi connectivity index (χ0n) is 25.6. The number of aromatic nitrogens is 1. The molecular weight excluding hydrogens is 583 g/mol. The topological polar surface area (TPSA) is 164 Å². The van der Waals surface area contributed by atoms with Gasteiger partial charge in [-0.3, -0.25) is 24.0 Å². The second kappa shape index (κ2) is 11.1. The lowest BCUT2D eigenvalue weighted by molar-refractivity contribution is -0.176. The molecule has 4 rings (SSSR count). The Morgan fingerprint density at radius 2 is 1.77 bits per heavy atom.